The van der Waals surface area contributed by atoms with E-state index < -0.39 is 0 Å². The van der Waals surface area contributed by atoms with Crippen LogP contribution < -0.4 is 0 Å². The lowest BCUT2D eigenvalue weighted by Crippen LogP contribution is -2.41. The van der Waals surface area contributed by atoms with Crippen LogP contribution in [0.3, 0.4) is 0 Å². The molecule has 0 aliphatic carbocycles. The zero-order valence-electron chi connectivity index (χ0n) is 13.9. The van der Waals surface area contributed by atoms with Crippen molar-refractivity contribution < 1.29 is 4.79 Å². The lowest BCUT2D eigenvalue weighted by molar-refractivity contribution is 0.0639. The quantitative estimate of drug-likeness (QED) is 0.669. The highest BCUT2D eigenvalue weighted by atomic mass is 35.5. The maximum atomic E-state index is 13.0. The maximum Gasteiger partial charge on any atom is 0.256 e. The molecule has 0 unspecified atom stereocenters. The fourth-order valence-corrected chi connectivity index (χ4v) is 3.62. The van der Waals surface area contributed by atoms with Gasteiger partial charge in [-0.3, -0.25) is 14.8 Å². The minimum absolute atomic E-state index is 0.152. The molecule has 1 aliphatic heterocycles. The first kappa shape index (κ1) is 17.0. The van der Waals surface area contributed by atoms with E-state index in [0.29, 0.717) is 23.7 Å². The van der Waals surface area contributed by atoms with Crippen LogP contribution in [-0.2, 0) is 6.54 Å². The molecule has 0 bridgehead atoms. The predicted octanol–water partition coefficient (Wildman–Crippen LogP) is 3.86. The Labute approximate surface area is 160 Å². The molecule has 0 spiro atoms. The number of amides is 1. The summed E-state index contributed by atoms with van der Waals surface area (Å²) in [6.07, 6.45) is 6.77. The van der Waals surface area contributed by atoms with Gasteiger partial charge in [-0.1, -0.05) is 29.3 Å². The SMILES string of the molecule is C[C@H]1c2ncc(-c3cnccn3)n2CCN1C(=O)c1cccc(Cl)c1Cl. The zero-order valence-corrected chi connectivity index (χ0v) is 15.4. The molecule has 1 atom stereocenters. The second-order valence-corrected chi connectivity index (χ2v) is 6.80. The van der Waals surface area contributed by atoms with Gasteiger partial charge in [0.1, 0.15) is 11.5 Å². The number of fused-ring (bicyclic) bond motifs is 1. The molecular formula is C18H15Cl2N5O. The molecule has 0 saturated heterocycles. The van der Waals surface area contributed by atoms with Gasteiger partial charge in [0.15, 0.2) is 0 Å². The first-order valence-electron chi connectivity index (χ1n) is 8.14. The summed E-state index contributed by atoms with van der Waals surface area (Å²) in [6, 6.07) is 4.88. The normalized spacial score (nSPS) is 16.4. The molecule has 1 aliphatic rings. The Hall–Kier alpha value is -2.44. The highest BCUT2D eigenvalue weighted by Crippen LogP contribution is 2.32. The lowest BCUT2D eigenvalue weighted by atomic mass is 10.1. The third-order valence-electron chi connectivity index (χ3n) is 4.56. The Morgan fingerprint density at radius 2 is 2.00 bits per heavy atom. The van der Waals surface area contributed by atoms with Crippen molar-refractivity contribution in [2.45, 2.75) is 19.5 Å². The number of carbonyl (C=O) groups excluding carboxylic acids is 1. The number of hydrogen-bond donors (Lipinski definition) is 0. The van der Waals surface area contributed by atoms with Gasteiger partial charge in [-0.25, -0.2) is 4.98 Å². The van der Waals surface area contributed by atoms with Gasteiger partial charge < -0.3 is 9.47 Å². The Bertz CT molecular complexity index is 973. The van der Waals surface area contributed by atoms with Crippen molar-refractivity contribution in [3.8, 4) is 11.4 Å². The van der Waals surface area contributed by atoms with Crippen LogP contribution >= 0.6 is 23.2 Å². The zero-order chi connectivity index (χ0) is 18.3. The summed E-state index contributed by atoms with van der Waals surface area (Å²) in [4.78, 5) is 27.7. The Kier molecular flexibility index (Phi) is 4.38. The number of halogens is 2. The van der Waals surface area contributed by atoms with Crippen LogP contribution in [0, 0.1) is 0 Å². The van der Waals surface area contributed by atoms with E-state index in [4.69, 9.17) is 23.2 Å². The van der Waals surface area contributed by atoms with Crippen LogP contribution in [0.5, 0.6) is 0 Å². The molecule has 0 radical (unpaired) electrons. The van der Waals surface area contributed by atoms with Crippen LogP contribution in [-0.4, -0.2) is 36.9 Å². The molecular weight excluding hydrogens is 373 g/mol. The number of imidazole rings is 1. The van der Waals surface area contributed by atoms with E-state index >= 15 is 0 Å². The standard InChI is InChI=1S/C18H15Cl2N5O/c1-11-17-23-10-15(14-9-21-5-6-22-14)25(17)8-7-24(11)18(26)12-3-2-4-13(19)16(12)20/h2-6,9-11H,7-8H2,1H3/t11-/m0/s1. The molecule has 3 heterocycles. The first-order valence-corrected chi connectivity index (χ1v) is 8.90. The van der Waals surface area contributed by atoms with Gasteiger partial charge in [0.2, 0.25) is 0 Å². The number of rotatable bonds is 2. The van der Waals surface area contributed by atoms with Crippen LogP contribution in [0.25, 0.3) is 11.4 Å². The van der Waals surface area contributed by atoms with Crippen LogP contribution in [0.1, 0.15) is 29.1 Å². The molecule has 132 valence electrons. The number of aromatic nitrogens is 4. The highest BCUT2D eigenvalue weighted by Gasteiger charge is 2.32. The van der Waals surface area contributed by atoms with Gasteiger partial charge in [0.05, 0.1) is 39.7 Å². The van der Waals surface area contributed by atoms with Gasteiger partial charge in [0, 0.05) is 25.5 Å². The molecule has 0 fully saturated rings. The number of nitrogens with zero attached hydrogens (tertiary/aromatic N) is 5. The smallest absolute Gasteiger partial charge is 0.256 e. The first-order chi connectivity index (χ1) is 12.6. The van der Waals surface area contributed by atoms with Crippen molar-refractivity contribution >= 4 is 29.1 Å². The van der Waals surface area contributed by atoms with Crippen molar-refractivity contribution in [3.63, 3.8) is 0 Å². The summed E-state index contributed by atoms with van der Waals surface area (Å²) in [6.45, 7) is 3.11. The Morgan fingerprint density at radius 3 is 2.77 bits per heavy atom. The summed E-state index contributed by atoms with van der Waals surface area (Å²) < 4.78 is 2.08. The third kappa shape index (κ3) is 2.75. The van der Waals surface area contributed by atoms with Gasteiger partial charge in [0.25, 0.3) is 5.91 Å². The van der Waals surface area contributed by atoms with Crippen molar-refractivity contribution in [2.75, 3.05) is 6.54 Å². The molecule has 6 nitrogen and oxygen atoms in total. The minimum atomic E-state index is -0.197. The predicted molar refractivity (Wildman–Crippen MR) is 99.2 cm³/mol. The average molecular weight is 388 g/mol. The van der Waals surface area contributed by atoms with E-state index in [1.165, 1.54) is 0 Å². The van der Waals surface area contributed by atoms with Crippen molar-refractivity contribution in [3.05, 3.63) is 64.4 Å². The third-order valence-corrected chi connectivity index (χ3v) is 5.38. The maximum absolute atomic E-state index is 13.0. The van der Waals surface area contributed by atoms with Crippen molar-refractivity contribution in [1.29, 1.82) is 0 Å². The minimum Gasteiger partial charge on any atom is -0.327 e. The Morgan fingerprint density at radius 1 is 1.15 bits per heavy atom. The summed E-state index contributed by atoms with van der Waals surface area (Å²) in [7, 11) is 0. The van der Waals surface area contributed by atoms with Gasteiger partial charge in [-0.2, -0.15) is 0 Å². The van der Waals surface area contributed by atoms with Gasteiger partial charge in [-0.05, 0) is 19.1 Å². The van der Waals surface area contributed by atoms with E-state index in [0.717, 1.165) is 17.2 Å². The van der Waals surface area contributed by atoms with E-state index in [9.17, 15) is 4.79 Å². The molecule has 4 rings (SSSR count). The summed E-state index contributed by atoms with van der Waals surface area (Å²) in [5, 5.41) is 0.647. The molecule has 0 saturated carbocycles. The second-order valence-electron chi connectivity index (χ2n) is 6.02. The summed E-state index contributed by atoms with van der Waals surface area (Å²) in [5.41, 5.74) is 2.06. The molecule has 8 heteroatoms. The highest BCUT2D eigenvalue weighted by molar-refractivity contribution is 6.43. The van der Waals surface area contributed by atoms with E-state index in [1.807, 2.05) is 6.92 Å². The average Bonchev–Trinajstić information content (AvgIpc) is 3.09. The lowest BCUT2D eigenvalue weighted by Gasteiger charge is -2.34. The van der Waals surface area contributed by atoms with Crippen LogP contribution in [0.4, 0.5) is 0 Å². The molecule has 1 aromatic carbocycles. The summed E-state index contributed by atoms with van der Waals surface area (Å²) >= 11 is 12.3. The van der Waals surface area contributed by atoms with Gasteiger partial charge in [-0.15, -0.1) is 0 Å². The summed E-state index contributed by atoms with van der Waals surface area (Å²) in [5.74, 6) is 0.656. The van der Waals surface area contributed by atoms with E-state index in [2.05, 4.69) is 19.5 Å². The van der Waals surface area contributed by atoms with Crippen LogP contribution in [0.15, 0.2) is 43.0 Å². The van der Waals surface area contributed by atoms with Crippen molar-refractivity contribution in [1.82, 2.24) is 24.4 Å². The molecule has 2 aromatic heterocycles. The number of benzene rings is 1. The van der Waals surface area contributed by atoms with Gasteiger partial charge >= 0.3 is 0 Å². The monoisotopic (exact) mass is 387 g/mol. The molecule has 0 N–H and O–H groups in total. The van der Waals surface area contributed by atoms with E-state index in [1.54, 1.807) is 47.9 Å². The van der Waals surface area contributed by atoms with Crippen molar-refractivity contribution in [2.24, 2.45) is 0 Å². The van der Waals surface area contributed by atoms with Crippen LogP contribution in [0.2, 0.25) is 10.0 Å². The largest absolute Gasteiger partial charge is 0.327 e. The topological polar surface area (TPSA) is 63.9 Å². The fraction of sp³-hybridized carbons (Fsp3) is 0.222. The molecule has 26 heavy (non-hydrogen) atoms. The number of carbonyl (C=O) groups is 1. The molecule has 1 amide bonds. The number of hydrogen-bond acceptors (Lipinski definition) is 4. The Balaban J connectivity index is 1.67. The fourth-order valence-electron chi connectivity index (χ4n) is 3.24. The van der Waals surface area contributed by atoms with E-state index in [-0.39, 0.29) is 17.0 Å². The second kappa shape index (κ2) is 6.70. The molecule has 3 aromatic rings.